The summed E-state index contributed by atoms with van der Waals surface area (Å²) in [5, 5.41) is 14.5. The Balaban J connectivity index is 1.31. The lowest BCUT2D eigenvalue weighted by Crippen LogP contribution is -2.39. The number of nitrogen functional groups attached to an aromatic ring is 1. The quantitative estimate of drug-likeness (QED) is 0.246. The van der Waals surface area contributed by atoms with Gasteiger partial charge in [0.25, 0.3) is 5.91 Å². The number of rotatable bonds is 7. The van der Waals surface area contributed by atoms with Gasteiger partial charge in [-0.2, -0.15) is 10.4 Å². The van der Waals surface area contributed by atoms with Gasteiger partial charge >= 0.3 is 0 Å². The molecule has 1 amide bonds. The highest BCUT2D eigenvalue weighted by molar-refractivity contribution is 5.99. The van der Waals surface area contributed by atoms with Crippen LogP contribution in [0.4, 0.5) is 19.0 Å². The highest BCUT2D eigenvalue weighted by atomic mass is 19.1. The zero-order chi connectivity index (χ0) is 28.7. The zero-order valence-corrected chi connectivity index (χ0v) is 21.7. The Kier molecular flexibility index (Phi) is 6.78. The number of hydrogen-bond acceptors (Lipinski definition) is 7. The van der Waals surface area contributed by atoms with Crippen LogP contribution >= 0.6 is 0 Å². The molecule has 12 heteroatoms. The van der Waals surface area contributed by atoms with Crippen molar-refractivity contribution in [3.05, 3.63) is 71.8 Å². The molecule has 1 saturated heterocycles. The Labute approximate surface area is 232 Å². The summed E-state index contributed by atoms with van der Waals surface area (Å²) in [5.74, 6) is -2.37. The minimum absolute atomic E-state index is 0.0249. The summed E-state index contributed by atoms with van der Waals surface area (Å²) in [4.78, 5) is 23.3. The highest BCUT2D eigenvalue weighted by Gasteiger charge is 2.33. The number of anilines is 1. The Bertz CT molecular complexity index is 1720. The van der Waals surface area contributed by atoms with E-state index in [1.165, 1.54) is 18.5 Å². The molecule has 0 radical (unpaired) electrons. The first-order valence-electron chi connectivity index (χ1n) is 13.1. The predicted molar refractivity (Wildman–Crippen MR) is 143 cm³/mol. The van der Waals surface area contributed by atoms with E-state index < -0.39 is 17.5 Å². The molecule has 4 aromatic rings. The number of nitrogens with zero attached hydrogens (tertiary/aromatic N) is 6. The van der Waals surface area contributed by atoms with Crippen LogP contribution in [0.25, 0.3) is 22.3 Å². The summed E-state index contributed by atoms with van der Waals surface area (Å²) in [6.07, 6.45) is 6.48. The van der Waals surface area contributed by atoms with Crippen LogP contribution in [0.15, 0.2) is 54.4 Å². The maximum atomic E-state index is 15.4. The van der Waals surface area contributed by atoms with Gasteiger partial charge in [0.2, 0.25) is 0 Å². The molecule has 2 fully saturated rings. The Morgan fingerprint density at radius 1 is 1.10 bits per heavy atom. The largest absolute Gasteiger partial charge is 0.457 e. The molecule has 41 heavy (non-hydrogen) atoms. The van der Waals surface area contributed by atoms with Crippen LogP contribution in [0.5, 0.6) is 11.5 Å². The van der Waals surface area contributed by atoms with E-state index in [-0.39, 0.29) is 58.6 Å². The third kappa shape index (κ3) is 5.30. The van der Waals surface area contributed by atoms with Crippen LogP contribution in [-0.2, 0) is 11.3 Å². The molecule has 1 saturated carbocycles. The molecule has 2 aliphatic rings. The van der Waals surface area contributed by atoms with Crippen LogP contribution in [-0.4, -0.2) is 43.1 Å². The van der Waals surface area contributed by atoms with E-state index in [9.17, 15) is 18.8 Å². The standard InChI is InChI=1S/C29H24F3N7O2/c30-18-9-19(31)11-22(10-18)41-21-5-6-23(24(32)12-21)26-25-27(34)35-15-36-28(25)39(37-26)14-20-2-1-7-38(20)29(40)17(13-33)8-16-3-4-16/h5-6,8-12,15-16,20H,1-4,7,14H2,(H2,34,35,36)/b17-8+/t20-/m1/s1. The fraction of sp³-hybridized carbons (Fsp3) is 0.276. The zero-order valence-electron chi connectivity index (χ0n) is 21.7. The summed E-state index contributed by atoms with van der Waals surface area (Å²) in [7, 11) is 0. The number of benzene rings is 2. The van der Waals surface area contributed by atoms with E-state index >= 15 is 4.39 Å². The minimum atomic E-state index is -0.824. The fourth-order valence-corrected chi connectivity index (χ4v) is 5.12. The molecule has 0 bridgehead atoms. The van der Waals surface area contributed by atoms with E-state index in [4.69, 9.17) is 10.5 Å². The van der Waals surface area contributed by atoms with Gasteiger partial charge in [-0.15, -0.1) is 0 Å². The summed E-state index contributed by atoms with van der Waals surface area (Å²) >= 11 is 0. The molecule has 0 spiro atoms. The number of aromatic nitrogens is 4. The van der Waals surface area contributed by atoms with Gasteiger partial charge in [0.15, 0.2) is 5.65 Å². The van der Waals surface area contributed by atoms with Gasteiger partial charge in [-0.25, -0.2) is 27.8 Å². The molecule has 2 N–H and O–H groups in total. The molecular weight excluding hydrogens is 535 g/mol. The number of halogens is 3. The van der Waals surface area contributed by atoms with Gasteiger partial charge in [-0.05, 0) is 43.7 Å². The Morgan fingerprint density at radius 2 is 1.88 bits per heavy atom. The number of fused-ring (bicyclic) bond motifs is 1. The number of amides is 1. The average molecular weight is 560 g/mol. The highest BCUT2D eigenvalue weighted by Crippen LogP contribution is 2.35. The number of allylic oxidation sites excluding steroid dienone is 1. The molecule has 1 atom stereocenters. The summed E-state index contributed by atoms with van der Waals surface area (Å²) in [6, 6.07) is 8.42. The van der Waals surface area contributed by atoms with Crippen molar-refractivity contribution < 1.29 is 22.7 Å². The van der Waals surface area contributed by atoms with Crippen molar-refractivity contribution in [1.82, 2.24) is 24.6 Å². The van der Waals surface area contributed by atoms with Gasteiger partial charge in [0, 0.05) is 36.4 Å². The monoisotopic (exact) mass is 559 g/mol. The maximum absolute atomic E-state index is 15.4. The lowest BCUT2D eigenvalue weighted by atomic mass is 10.1. The van der Waals surface area contributed by atoms with Crippen LogP contribution in [0.1, 0.15) is 25.7 Å². The second-order valence-electron chi connectivity index (χ2n) is 10.2. The van der Waals surface area contributed by atoms with Crippen molar-refractivity contribution in [2.24, 2.45) is 5.92 Å². The van der Waals surface area contributed by atoms with Crippen LogP contribution in [0, 0.1) is 34.7 Å². The van der Waals surface area contributed by atoms with Crippen molar-refractivity contribution in [3.8, 4) is 28.8 Å². The third-order valence-corrected chi connectivity index (χ3v) is 7.22. The SMILES string of the molecule is N#C/C(=C\C1CC1)C(=O)N1CCC[C@@H]1Cn1nc(-c2ccc(Oc3cc(F)cc(F)c3)cc2F)c2c(N)ncnc21. The van der Waals surface area contributed by atoms with Crippen LogP contribution in [0.2, 0.25) is 0 Å². The van der Waals surface area contributed by atoms with Crippen molar-refractivity contribution in [2.75, 3.05) is 12.3 Å². The summed E-state index contributed by atoms with van der Waals surface area (Å²) in [5.41, 5.74) is 6.99. The third-order valence-electron chi connectivity index (χ3n) is 7.22. The number of carbonyl (C=O) groups excluding carboxylic acids is 1. The Hall–Kier alpha value is -4.92. The number of carbonyl (C=O) groups is 1. The Morgan fingerprint density at radius 3 is 2.59 bits per heavy atom. The van der Waals surface area contributed by atoms with Crippen molar-refractivity contribution in [3.63, 3.8) is 0 Å². The normalized spacial score (nSPS) is 17.2. The molecule has 6 rings (SSSR count). The number of nitriles is 1. The maximum Gasteiger partial charge on any atom is 0.264 e. The summed E-state index contributed by atoms with van der Waals surface area (Å²) < 4.78 is 49.5. The van der Waals surface area contributed by atoms with Crippen LogP contribution in [0.3, 0.4) is 0 Å². The average Bonchev–Trinajstić information content (AvgIpc) is 3.51. The lowest BCUT2D eigenvalue weighted by molar-refractivity contribution is -0.127. The topological polar surface area (TPSA) is 123 Å². The minimum Gasteiger partial charge on any atom is -0.457 e. The number of hydrogen-bond donors (Lipinski definition) is 1. The molecule has 2 aromatic heterocycles. The van der Waals surface area contributed by atoms with E-state index in [1.807, 2.05) is 6.07 Å². The van der Waals surface area contributed by atoms with Crippen LogP contribution < -0.4 is 10.5 Å². The van der Waals surface area contributed by atoms with E-state index in [0.717, 1.165) is 37.5 Å². The number of nitrogens with two attached hydrogens (primary N) is 1. The molecule has 9 nitrogen and oxygen atoms in total. The molecule has 0 unspecified atom stereocenters. The van der Waals surface area contributed by atoms with E-state index in [1.54, 1.807) is 15.7 Å². The molecule has 208 valence electrons. The van der Waals surface area contributed by atoms with Gasteiger partial charge < -0.3 is 15.4 Å². The second kappa shape index (κ2) is 10.6. The predicted octanol–water partition coefficient (Wildman–Crippen LogP) is 5.14. The van der Waals surface area contributed by atoms with Gasteiger partial charge in [-0.3, -0.25) is 4.79 Å². The van der Waals surface area contributed by atoms with E-state index in [0.29, 0.717) is 30.1 Å². The lowest BCUT2D eigenvalue weighted by Gasteiger charge is -2.24. The van der Waals surface area contributed by atoms with Gasteiger partial charge in [0.1, 0.15) is 58.4 Å². The smallest absolute Gasteiger partial charge is 0.264 e. The molecular formula is C29H24F3N7O2. The van der Waals surface area contributed by atoms with Gasteiger partial charge in [-0.1, -0.05) is 6.08 Å². The van der Waals surface area contributed by atoms with Gasteiger partial charge in [0.05, 0.1) is 18.0 Å². The van der Waals surface area contributed by atoms with E-state index in [2.05, 4.69) is 15.1 Å². The first-order chi connectivity index (χ1) is 19.8. The van der Waals surface area contributed by atoms with Crippen molar-refractivity contribution in [2.45, 2.75) is 38.3 Å². The molecule has 1 aliphatic carbocycles. The number of likely N-dealkylation sites (tertiary alicyclic amines) is 1. The van der Waals surface area contributed by atoms with Crippen molar-refractivity contribution >= 4 is 22.8 Å². The molecule has 3 heterocycles. The first-order valence-corrected chi connectivity index (χ1v) is 13.1. The van der Waals surface area contributed by atoms with Crippen molar-refractivity contribution in [1.29, 1.82) is 5.26 Å². The fourth-order valence-electron chi connectivity index (χ4n) is 5.12. The first kappa shape index (κ1) is 26.3. The molecule has 1 aliphatic heterocycles. The molecule has 2 aromatic carbocycles. The number of ether oxygens (including phenoxy) is 1. The second-order valence-corrected chi connectivity index (χ2v) is 10.2. The summed E-state index contributed by atoms with van der Waals surface area (Å²) in [6.45, 7) is 0.774.